The molecule has 7 heteroatoms. The average molecular weight is 475 g/mol. The first kappa shape index (κ1) is 21.3. The lowest BCUT2D eigenvalue weighted by molar-refractivity contribution is 0.229. The van der Waals surface area contributed by atoms with Gasteiger partial charge in [-0.3, -0.25) is 4.90 Å². The summed E-state index contributed by atoms with van der Waals surface area (Å²) in [7, 11) is 1.79. The van der Waals surface area contributed by atoms with Gasteiger partial charge in [0.1, 0.15) is 5.75 Å². The van der Waals surface area contributed by atoms with Crippen molar-refractivity contribution in [3.05, 3.63) is 65.2 Å². The molecule has 0 spiro atoms. The van der Waals surface area contributed by atoms with Gasteiger partial charge in [-0.15, -0.1) is 0 Å². The van der Waals surface area contributed by atoms with E-state index in [1.807, 2.05) is 36.4 Å². The van der Waals surface area contributed by atoms with Gasteiger partial charge in [-0.25, -0.2) is 4.79 Å². The largest absolute Gasteiger partial charge is 0.507 e. The molecule has 174 valence electrons. The number of nitrogens with zero attached hydrogens (tertiary/aromatic N) is 2. The molecule has 6 rings (SSSR count). The van der Waals surface area contributed by atoms with E-state index in [4.69, 9.17) is 11.6 Å². The Morgan fingerprint density at radius 3 is 2.53 bits per heavy atom. The highest BCUT2D eigenvalue weighted by Gasteiger charge is 2.34. The molecule has 2 unspecified atom stereocenters. The monoisotopic (exact) mass is 474 g/mol. The predicted molar refractivity (Wildman–Crippen MR) is 137 cm³/mol. The minimum absolute atomic E-state index is 0.0546. The maximum atomic E-state index is 12.4. The molecule has 3 N–H and O–H groups in total. The summed E-state index contributed by atoms with van der Waals surface area (Å²) >= 11 is 6.60. The number of phenolic OH excluding ortho intramolecular Hbond substituents is 1. The predicted octanol–water partition coefficient (Wildman–Crippen LogP) is 5.12. The van der Waals surface area contributed by atoms with Crippen LogP contribution >= 0.6 is 11.6 Å². The summed E-state index contributed by atoms with van der Waals surface area (Å²) in [5.41, 5.74) is 6.52. The average Bonchev–Trinajstić information content (AvgIpc) is 3.38. The number of amides is 2. The Bertz CT molecular complexity index is 1290. The topological polar surface area (TPSA) is 67.8 Å². The van der Waals surface area contributed by atoms with E-state index in [0.29, 0.717) is 41.3 Å². The molecule has 3 aromatic rings. The molecule has 2 amide bonds. The molecule has 2 atom stereocenters. The van der Waals surface area contributed by atoms with Crippen LogP contribution in [-0.4, -0.2) is 55.3 Å². The molecule has 3 aliphatic heterocycles. The molecule has 0 saturated carbocycles. The smallest absolute Gasteiger partial charge is 0.324 e. The lowest BCUT2D eigenvalue weighted by atomic mass is 9.88. The van der Waals surface area contributed by atoms with Gasteiger partial charge in [0.05, 0.1) is 10.7 Å². The van der Waals surface area contributed by atoms with Crippen molar-refractivity contribution in [3.63, 3.8) is 0 Å². The van der Waals surface area contributed by atoms with Crippen molar-refractivity contribution in [2.75, 3.05) is 43.4 Å². The highest BCUT2D eigenvalue weighted by atomic mass is 35.5. The molecule has 3 aromatic carbocycles. The number of rotatable bonds is 3. The number of piperidine rings is 1. The van der Waals surface area contributed by atoms with E-state index in [1.54, 1.807) is 16.8 Å². The number of aromatic hydroxyl groups is 1. The number of anilines is 2. The van der Waals surface area contributed by atoms with E-state index in [-0.39, 0.29) is 11.8 Å². The molecule has 0 aliphatic carbocycles. The fraction of sp³-hybridized carbons (Fsp3) is 0.296. The van der Waals surface area contributed by atoms with Gasteiger partial charge in [0.2, 0.25) is 0 Å². The molecule has 3 heterocycles. The molecule has 2 saturated heterocycles. The van der Waals surface area contributed by atoms with Crippen molar-refractivity contribution in [1.82, 2.24) is 10.2 Å². The van der Waals surface area contributed by atoms with Crippen LogP contribution in [0.5, 0.6) is 5.75 Å². The van der Waals surface area contributed by atoms with E-state index in [2.05, 4.69) is 28.8 Å². The first-order chi connectivity index (χ1) is 16.5. The molecular formula is C27H27ClN4O2. The zero-order valence-electron chi connectivity index (χ0n) is 19.0. The maximum absolute atomic E-state index is 12.4. The Balaban J connectivity index is 1.34. The molecular weight excluding hydrogens is 448 g/mol. The van der Waals surface area contributed by atoms with Gasteiger partial charge >= 0.3 is 6.03 Å². The lowest BCUT2D eigenvalue weighted by Gasteiger charge is -2.26. The van der Waals surface area contributed by atoms with Gasteiger partial charge in [0, 0.05) is 55.5 Å². The number of para-hydroxylation sites is 1. The highest BCUT2D eigenvalue weighted by molar-refractivity contribution is 6.34. The summed E-state index contributed by atoms with van der Waals surface area (Å²) in [6, 6.07) is 18.2. The summed E-state index contributed by atoms with van der Waals surface area (Å²) in [5, 5.41) is 18.9. The van der Waals surface area contributed by atoms with Gasteiger partial charge in [0.15, 0.2) is 0 Å². The fourth-order valence-corrected chi connectivity index (χ4v) is 5.78. The number of nitrogens with one attached hydrogen (secondary N) is 2. The molecule has 0 radical (unpaired) electrons. The summed E-state index contributed by atoms with van der Waals surface area (Å²) in [6.07, 6.45) is 1.12. The van der Waals surface area contributed by atoms with Crippen molar-refractivity contribution in [3.8, 4) is 28.0 Å². The van der Waals surface area contributed by atoms with Crippen molar-refractivity contribution in [2.24, 2.45) is 0 Å². The number of carbonyl (C=O) groups is 1. The van der Waals surface area contributed by atoms with E-state index in [9.17, 15) is 9.90 Å². The Kier molecular flexibility index (Phi) is 5.15. The Morgan fingerprint density at radius 1 is 1.03 bits per heavy atom. The number of benzene rings is 3. The third-order valence-electron chi connectivity index (χ3n) is 7.39. The first-order valence-corrected chi connectivity index (χ1v) is 12.1. The van der Waals surface area contributed by atoms with E-state index < -0.39 is 0 Å². The fourth-order valence-electron chi connectivity index (χ4n) is 5.50. The van der Waals surface area contributed by atoms with Crippen molar-refractivity contribution in [1.29, 1.82) is 0 Å². The highest BCUT2D eigenvalue weighted by Crippen LogP contribution is 2.44. The third kappa shape index (κ3) is 3.40. The van der Waals surface area contributed by atoms with Crippen molar-refractivity contribution < 1.29 is 9.90 Å². The number of likely N-dealkylation sites (N-methyl/N-ethyl adjacent to an activating group) is 1. The van der Waals surface area contributed by atoms with Gasteiger partial charge < -0.3 is 20.6 Å². The van der Waals surface area contributed by atoms with Crippen LogP contribution in [0.15, 0.2) is 54.6 Å². The maximum Gasteiger partial charge on any atom is 0.324 e. The summed E-state index contributed by atoms with van der Waals surface area (Å²) in [6.45, 7) is 3.30. The molecule has 2 fully saturated rings. The lowest BCUT2D eigenvalue weighted by Crippen LogP contribution is -2.38. The van der Waals surface area contributed by atoms with Crippen molar-refractivity contribution in [2.45, 2.75) is 18.4 Å². The zero-order valence-corrected chi connectivity index (χ0v) is 19.8. The SMILES string of the molecule is CN1CCN(c2ccc(-c3cccc(-c4ccc5c(c4)C4CNCCC4N5)c3O)cc2Cl)C1=O. The number of hydrogen-bond donors (Lipinski definition) is 3. The summed E-state index contributed by atoms with van der Waals surface area (Å²) in [5.74, 6) is 0.681. The van der Waals surface area contributed by atoms with Gasteiger partial charge in [-0.2, -0.15) is 0 Å². The quantitative estimate of drug-likeness (QED) is 0.492. The van der Waals surface area contributed by atoms with Crippen LogP contribution in [0, 0.1) is 0 Å². The molecule has 0 bridgehead atoms. The van der Waals surface area contributed by atoms with E-state index >= 15 is 0 Å². The number of hydrogen-bond acceptors (Lipinski definition) is 4. The first-order valence-electron chi connectivity index (χ1n) is 11.8. The van der Waals surface area contributed by atoms with Crippen LogP contribution in [0.3, 0.4) is 0 Å². The van der Waals surface area contributed by atoms with Crippen LogP contribution in [0.25, 0.3) is 22.3 Å². The minimum atomic E-state index is -0.0546. The molecule has 0 aromatic heterocycles. The number of carbonyl (C=O) groups excluding carboxylic acids is 1. The van der Waals surface area contributed by atoms with Gasteiger partial charge in [-0.05, 0) is 53.9 Å². The normalized spacial score (nSPS) is 21.4. The Hall–Kier alpha value is -3.22. The second kappa shape index (κ2) is 8.22. The second-order valence-corrected chi connectivity index (χ2v) is 9.78. The van der Waals surface area contributed by atoms with Crippen LogP contribution in [0.2, 0.25) is 5.02 Å². The van der Waals surface area contributed by atoms with Crippen LogP contribution < -0.4 is 15.5 Å². The summed E-state index contributed by atoms with van der Waals surface area (Å²) < 4.78 is 0. The zero-order chi connectivity index (χ0) is 23.4. The Morgan fingerprint density at radius 2 is 1.79 bits per heavy atom. The van der Waals surface area contributed by atoms with E-state index in [1.165, 1.54) is 11.3 Å². The van der Waals surface area contributed by atoms with Crippen LogP contribution in [0.1, 0.15) is 17.9 Å². The van der Waals surface area contributed by atoms with Gasteiger partial charge in [0.25, 0.3) is 0 Å². The standard InChI is InChI=1S/C27H27ClN4O2/c1-31-11-12-32(27(31)34)25-8-6-17(14-22(25)28)19-4-2-3-18(26(19)33)16-5-7-23-20(13-16)21-15-29-10-9-24(21)30-23/h2-8,13-14,21,24,29-30,33H,9-12,15H2,1H3. The number of halogens is 1. The number of fused-ring (bicyclic) bond motifs is 3. The van der Waals surface area contributed by atoms with Crippen LogP contribution in [-0.2, 0) is 0 Å². The van der Waals surface area contributed by atoms with Gasteiger partial charge in [-0.1, -0.05) is 41.9 Å². The third-order valence-corrected chi connectivity index (χ3v) is 7.69. The minimum Gasteiger partial charge on any atom is -0.507 e. The molecule has 6 nitrogen and oxygen atoms in total. The van der Waals surface area contributed by atoms with Crippen LogP contribution in [0.4, 0.5) is 16.2 Å². The van der Waals surface area contributed by atoms with Crippen molar-refractivity contribution >= 4 is 29.0 Å². The second-order valence-electron chi connectivity index (χ2n) is 9.38. The Labute approximate surface area is 204 Å². The summed E-state index contributed by atoms with van der Waals surface area (Å²) in [4.78, 5) is 15.7. The molecule has 34 heavy (non-hydrogen) atoms. The number of phenols is 1. The molecule has 3 aliphatic rings. The van der Waals surface area contributed by atoms with E-state index in [0.717, 1.165) is 36.2 Å². The number of urea groups is 1.